The molecule has 8 aromatic rings. The highest BCUT2D eigenvalue weighted by Crippen LogP contribution is 2.32. The molecule has 452 valence electrons. The van der Waals surface area contributed by atoms with Crippen molar-refractivity contribution in [3.63, 3.8) is 0 Å². The number of ether oxygens (including phenoxy) is 3. The number of carbonyl (C=O) groups is 5. The summed E-state index contributed by atoms with van der Waals surface area (Å²) in [5, 5.41) is 8.88. The summed E-state index contributed by atoms with van der Waals surface area (Å²) >= 11 is 8.69. The number of carbonyl (C=O) groups excluding carboxylic acids is 5. The summed E-state index contributed by atoms with van der Waals surface area (Å²) in [5.74, 6) is -0.635. The van der Waals surface area contributed by atoms with Gasteiger partial charge in [0.1, 0.15) is 15.4 Å². The van der Waals surface area contributed by atoms with Gasteiger partial charge < -0.3 is 40.0 Å². The van der Waals surface area contributed by atoms with Crippen molar-refractivity contribution >= 4 is 118 Å². The van der Waals surface area contributed by atoms with Crippen molar-refractivity contribution in [3.8, 4) is 22.5 Å². The number of anilines is 5. The van der Waals surface area contributed by atoms with Gasteiger partial charge in [-0.15, -0.1) is 11.3 Å². The highest BCUT2D eigenvalue weighted by atomic mass is 79.9. The lowest BCUT2D eigenvalue weighted by Crippen LogP contribution is -2.43. The molecule has 25 heteroatoms. The summed E-state index contributed by atoms with van der Waals surface area (Å²) < 4.78 is 15.2. The van der Waals surface area contributed by atoms with Crippen molar-refractivity contribution in [2.45, 2.75) is 77.7 Å². The molecule has 4 N–H and O–H groups in total. The van der Waals surface area contributed by atoms with E-state index in [1.807, 2.05) is 87.5 Å². The average Bonchev–Trinajstić information content (AvgIpc) is 4.56. The van der Waals surface area contributed by atoms with Gasteiger partial charge in [0.05, 0.1) is 60.1 Å². The first kappa shape index (κ1) is 64.4. The van der Waals surface area contributed by atoms with Gasteiger partial charge >= 0.3 is 18.0 Å². The van der Waals surface area contributed by atoms with Crippen LogP contribution in [0.2, 0.25) is 0 Å². The summed E-state index contributed by atoms with van der Waals surface area (Å²) in [4.78, 5) is 95.3. The van der Waals surface area contributed by atoms with Crippen LogP contribution >= 0.6 is 61.3 Å². The minimum Gasteiger partial charge on any atom is -0.465 e. The maximum Gasteiger partial charge on any atom is 0.412 e. The molecular weight excluding hydrogens is 1240 g/mol. The number of piperidine rings is 2. The van der Waals surface area contributed by atoms with Crippen molar-refractivity contribution in [2.75, 3.05) is 92.3 Å². The molecule has 0 bridgehead atoms. The Kier molecular flexibility index (Phi) is 23.8. The number of amides is 1. The minimum atomic E-state index is -0.624. The number of hydrogen-bond donors (Lipinski definition) is 3. The first-order chi connectivity index (χ1) is 41.5. The largest absolute Gasteiger partial charge is 0.465 e. The summed E-state index contributed by atoms with van der Waals surface area (Å²) in [6.07, 6.45) is 17.0. The molecule has 0 aliphatic carbocycles. The van der Waals surface area contributed by atoms with Crippen LogP contribution < -0.4 is 31.1 Å². The molecule has 3 fully saturated rings. The Morgan fingerprint density at radius 3 is 1.50 bits per heavy atom. The van der Waals surface area contributed by atoms with Crippen molar-refractivity contribution in [1.29, 1.82) is 0 Å². The Labute approximate surface area is 524 Å². The van der Waals surface area contributed by atoms with Crippen LogP contribution in [-0.4, -0.2) is 132 Å². The van der Waals surface area contributed by atoms with Gasteiger partial charge in [-0.2, -0.15) is 0 Å². The van der Waals surface area contributed by atoms with Crippen molar-refractivity contribution in [1.82, 2.24) is 35.2 Å². The van der Waals surface area contributed by atoms with E-state index in [1.165, 1.54) is 91.4 Å². The number of thiazole rings is 4. The number of rotatable bonds is 14. The maximum atomic E-state index is 13.2. The molecule has 86 heavy (non-hydrogen) atoms. The molecule has 3 aliphatic rings. The quantitative estimate of drug-likeness (QED) is 0.0396. The van der Waals surface area contributed by atoms with Crippen molar-refractivity contribution in [2.24, 2.45) is 0 Å². The molecule has 3 aliphatic heterocycles. The summed E-state index contributed by atoms with van der Waals surface area (Å²) in [5.41, 5.74) is 11.7. The normalized spacial score (nSPS) is 14.0. The number of nitrogens with two attached hydrogens (primary N) is 1. The van der Waals surface area contributed by atoms with E-state index in [9.17, 15) is 24.0 Å². The molecule has 0 saturated carbocycles. The molecule has 9 heterocycles. The summed E-state index contributed by atoms with van der Waals surface area (Å²) in [7, 11) is 2.73. The summed E-state index contributed by atoms with van der Waals surface area (Å²) in [6, 6.07) is 22.8. The maximum absolute atomic E-state index is 13.2. The number of methoxy groups -OCH3 is 2. The molecule has 1 amide bonds. The zero-order valence-electron chi connectivity index (χ0n) is 48.6. The molecule has 3 saturated heterocycles. The highest BCUT2D eigenvalue weighted by Gasteiger charge is 2.23. The zero-order chi connectivity index (χ0) is 61.0. The second-order valence-corrected chi connectivity index (χ2v) is 26.2. The lowest BCUT2D eigenvalue weighted by atomic mass is 10.0. The van der Waals surface area contributed by atoms with E-state index >= 15 is 0 Å². The fourth-order valence-electron chi connectivity index (χ4n) is 9.10. The van der Waals surface area contributed by atoms with Gasteiger partial charge in [-0.1, -0.05) is 58.3 Å². The number of ketones is 2. The molecule has 0 spiro atoms. The lowest BCUT2D eigenvalue weighted by molar-refractivity contribution is 0.0597. The molecule has 2 aromatic carbocycles. The van der Waals surface area contributed by atoms with Gasteiger partial charge in [0.15, 0.2) is 30.9 Å². The number of Topliss-reactive ketones (excluding diaryl/α,β-unsaturated/α-hetero) is 2. The van der Waals surface area contributed by atoms with E-state index in [0.29, 0.717) is 40.4 Å². The Hall–Kier alpha value is -7.55. The predicted octanol–water partition coefficient (Wildman–Crippen LogP) is 12.2. The van der Waals surface area contributed by atoms with E-state index in [4.69, 9.17) is 10.5 Å². The Morgan fingerprint density at radius 1 is 0.570 bits per heavy atom. The average molecular weight is 1310 g/mol. The number of aromatic nitrogens is 6. The van der Waals surface area contributed by atoms with Crippen molar-refractivity contribution < 1.29 is 38.2 Å². The van der Waals surface area contributed by atoms with Gasteiger partial charge in [-0.3, -0.25) is 24.9 Å². The SMILES string of the molecule is CC(C)(C)OC(=O)Nc1ccc(-c2ccccn2)cc1CC(=O)c1cnc(N2CCCCC2)s1.COC(=O)c1cnc(Br)s1.COC(=O)c1cnc(N2CCCCC2)s1.Nc1ccc(-c2ccccn2)cc1CC(=O)c1cnc(N2CCNCC2)s1. The highest BCUT2D eigenvalue weighted by molar-refractivity contribution is 9.11. The molecule has 20 nitrogen and oxygen atoms in total. The van der Waals surface area contributed by atoms with Gasteiger partial charge in [-0.25, -0.2) is 34.3 Å². The standard InChI is InChI=1S/C26H30N4O3S.C20H21N5OS.C10H14N2O2S.C5H4BrNO2S/c1-26(2,3)33-25(32)29-21-11-10-18(20-9-5-6-12-27-20)15-19(21)16-22(31)23-17-28-24(34-23)30-13-7-4-8-14-30;21-16-5-4-14(17-3-1-2-6-23-17)11-15(16)12-18(26)19-13-24-20(27-19)25-9-7-22-8-10-25;1-14-9(13)8-7-11-10(15-8)12-5-3-2-4-6-12;1-9-4(8)3-2-7-5(6)10-3/h5-6,9-12,15,17H,4,7-8,13-14,16H2,1-3H3,(H,29,32);1-6,11,13,22H,7-10,12,21H2;7H,2-6H2,1H3;2H,1H3. The van der Waals surface area contributed by atoms with Crippen LogP contribution in [-0.2, 0) is 27.1 Å². The number of pyridine rings is 2. The third kappa shape index (κ3) is 19.0. The second kappa shape index (κ2) is 31.7. The predicted molar refractivity (Wildman–Crippen MR) is 346 cm³/mol. The number of piperazine rings is 1. The third-order valence-corrected chi connectivity index (χ3v) is 18.1. The van der Waals surface area contributed by atoms with E-state index in [2.05, 4.69) is 80.6 Å². The van der Waals surface area contributed by atoms with Gasteiger partial charge in [0.25, 0.3) is 0 Å². The number of nitrogen functional groups attached to an aromatic ring is 1. The number of nitrogens with zero attached hydrogens (tertiary/aromatic N) is 9. The van der Waals surface area contributed by atoms with Crippen LogP contribution in [0, 0.1) is 0 Å². The van der Waals surface area contributed by atoms with Crippen LogP contribution in [0.25, 0.3) is 22.5 Å². The number of nitrogens with one attached hydrogen (secondary N) is 2. The molecule has 0 unspecified atom stereocenters. The smallest absolute Gasteiger partial charge is 0.412 e. The number of esters is 2. The molecule has 0 radical (unpaired) electrons. The van der Waals surface area contributed by atoms with Crippen LogP contribution in [0.1, 0.15) is 109 Å². The lowest BCUT2D eigenvalue weighted by Gasteiger charge is -2.26. The van der Waals surface area contributed by atoms with Crippen LogP contribution in [0.3, 0.4) is 0 Å². The molecule has 6 aromatic heterocycles. The zero-order valence-corrected chi connectivity index (χ0v) is 53.4. The number of halogens is 1. The minimum absolute atomic E-state index is 0.0360. The molecular formula is C61H69BrN12O8S4. The topological polar surface area (TPSA) is 250 Å². The van der Waals surface area contributed by atoms with Crippen molar-refractivity contribution in [3.05, 3.63) is 145 Å². The first-order valence-corrected chi connectivity index (χ1v) is 32.1. The van der Waals surface area contributed by atoms with E-state index in [0.717, 1.165) is 109 Å². The van der Waals surface area contributed by atoms with Gasteiger partial charge in [0.2, 0.25) is 0 Å². The number of benzene rings is 2. The van der Waals surface area contributed by atoms with Crippen LogP contribution in [0.15, 0.2) is 114 Å². The van der Waals surface area contributed by atoms with E-state index < -0.39 is 11.7 Å². The van der Waals surface area contributed by atoms with E-state index in [-0.39, 0.29) is 36.3 Å². The Balaban J connectivity index is 0.000000163. The Bertz CT molecular complexity index is 3520. The molecule has 0 atom stereocenters. The summed E-state index contributed by atoms with van der Waals surface area (Å²) in [6.45, 7) is 13.2. The van der Waals surface area contributed by atoms with E-state index in [1.54, 1.807) is 37.1 Å². The van der Waals surface area contributed by atoms with Gasteiger partial charge in [-0.05, 0) is 135 Å². The molecule has 11 rings (SSSR count). The fraction of sp³-hybridized carbons (Fsp3) is 0.361. The second-order valence-electron chi connectivity index (χ2n) is 20.9. The van der Waals surface area contributed by atoms with Crippen LogP contribution in [0.4, 0.5) is 31.6 Å². The first-order valence-electron chi connectivity index (χ1n) is 28.1. The monoisotopic (exact) mass is 1300 g/mol. The Morgan fingerprint density at radius 2 is 1.02 bits per heavy atom. The van der Waals surface area contributed by atoms with Gasteiger partial charge in [0, 0.05) is 100 Å². The number of hydrogen-bond acceptors (Lipinski definition) is 23. The van der Waals surface area contributed by atoms with Crippen LogP contribution in [0.5, 0.6) is 0 Å². The third-order valence-electron chi connectivity index (χ3n) is 13.4. The fourth-order valence-corrected chi connectivity index (χ4v) is 13.0.